The highest BCUT2D eigenvalue weighted by Gasteiger charge is 2.30. The molecule has 0 saturated carbocycles. The molecule has 0 spiro atoms. The van der Waals surface area contributed by atoms with Gasteiger partial charge in [0.2, 0.25) is 5.91 Å². The Morgan fingerprint density at radius 1 is 1.48 bits per heavy atom. The number of amides is 2. The van der Waals surface area contributed by atoms with Gasteiger partial charge in [0, 0.05) is 26.1 Å². The molecular weight excluding hydrogens is 302 g/mol. The van der Waals surface area contributed by atoms with E-state index < -0.39 is 23.9 Å². The average molecular weight is 323 g/mol. The summed E-state index contributed by atoms with van der Waals surface area (Å²) in [5, 5.41) is 6.16. The van der Waals surface area contributed by atoms with Crippen molar-refractivity contribution in [1.29, 1.82) is 0 Å². The van der Waals surface area contributed by atoms with Gasteiger partial charge in [-0.05, 0) is 26.7 Å². The zero-order valence-electron chi connectivity index (χ0n) is 13.5. The standard InChI is InChI=1S/C15H21N3O5/c1-9-7-13(17-23-9)16-14(20)10(2)22-15(21)12-5-4-6-18(8-12)11(3)19/h7,10,12H,4-6,8H2,1-3H3,(H,16,17,20)/t10-,12+/m0/s1. The molecular formula is C15H21N3O5. The van der Waals surface area contributed by atoms with E-state index in [9.17, 15) is 14.4 Å². The molecule has 1 aliphatic rings. The van der Waals surface area contributed by atoms with Crippen LogP contribution < -0.4 is 5.32 Å². The lowest BCUT2D eigenvalue weighted by Gasteiger charge is -2.31. The Hall–Kier alpha value is -2.38. The van der Waals surface area contributed by atoms with Gasteiger partial charge in [-0.1, -0.05) is 5.16 Å². The van der Waals surface area contributed by atoms with Crippen LogP contribution in [-0.2, 0) is 19.1 Å². The first-order chi connectivity index (χ1) is 10.9. The first-order valence-corrected chi connectivity index (χ1v) is 7.57. The van der Waals surface area contributed by atoms with Crippen LogP contribution >= 0.6 is 0 Å². The van der Waals surface area contributed by atoms with Crippen molar-refractivity contribution >= 4 is 23.6 Å². The van der Waals surface area contributed by atoms with Gasteiger partial charge in [-0.15, -0.1) is 0 Å². The van der Waals surface area contributed by atoms with E-state index >= 15 is 0 Å². The van der Waals surface area contributed by atoms with Gasteiger partial charge < -0.3 is 19.5 Å². The summed E-state index contributed by atoms with van der Waals surface area (Å²) in [4.78, 5) is 37.2. The Kier molecular flexibility index (Phi) is 5.36. The zero-order chi connectivity index (χ0) is 17.0. The SMILES string of the molecule is CC(=O)N1CCC[C@@H](C(=O)O[C@@H](C)C(=O)Nc2cc(C)on2)C1. The minimum absolute atomic E-state index is 0.0605. The second kappa shape index (κ2) is 7.26. The number of nitrogens with one attached hydrogen (secondary N) is 1. The first-order valence-electron chi connectivity index (χ1n) is 7.57. The molecule has 1 N–H and O–H groups in total. The topological polar surface area (TPSA) is 102 Å². The van der Waals surface area contributed by atoms with Crippen molar-refractivity contribution in [2.75, 3.05) is 18.4 Å². The molecule has 2 rings (SSSR count). The van der Waals surface area contributed by atoms with Crippen molar-refractivity contribution in [2.24, 2.45) is 5.92 Å². The normalized spacial score (nSPS) is 19.1. The van der Waals surface area contributed by atoms with E-state index in [0.717, 1.165) is 6.42 Å². The highest BCUT2D eigenvalue weighted by Crippen LogP contribution is 2.19. The molecule has 1 fully saturated rings. The Morgan fingerprint density at radius 2 is 2.22 bits per heavy atom. The highest BCUT2D eigenvalue weighted by molar-refractivity contribution is 5.94. The first kappa shape index (κ1) is 17.0. The number of aromatic nitrogens is 1. The Labute approximate surface area is 134 Å². The Morgan fingerprint density at radius 3 is 2.83 bits per heavy atom. The molecule has 1 saturated heterocycles. The third-order valence-corrected chi connectivity index (χ3v) is 3.74. The lowest BCUT2D eigenvalue weighted by atomic mass is 9.98. The molecule has 0 bridgehead atoms. The summed E-state index contributed by atoms with van der Waals surface area (Å²) in [7, 11) is 0. The molecule has 0 aromatic carbocycles. The molecule has 1 aliphatic heterocycles. The van der Waals surface area contributed by atoms with Gasteiger partial charge in [0.25, 0.3) is 5.91 Å². The largest absolute Gasteiger partial charge is 0.452 e. The number of carbonyl (C=O) groups is 3. The number of carbonyl (C=O) groups excluding carboxylic acids is 3. The molecule has 2 amide bonds. The zero-order valence-corrected chi connectivity index (χ0v) is 13.5. The van der Waals surface area contributed by atoms with Crippen molar-refractivity contribution in [3.63, 3.8) is 0 Å². The van der Waals surface area contributed by atoms with Gasteiger partial charge in [-0.3, -0.25) is 14.4 Å². The lowest BCUT2D eigenvalue weighted by molar-refractivity contribution is -0.159. The number of esters is 1. The molecule has 0 aliphatic carbocycles. The van der Waals surface area contributed by atoms with Crippen molar-refractivity contribution in [1.82, 2.24) is 10.1 Å². The number of hydrogen-bond donors (Lipinski definition) is 1. The monoisotopic (exact) mass is 323 g/mol. The predicted octanol–water partition coefficient (Wildman–Crippen LogP) is 1.11. The average Bonchev–Trinajstić information content (AvgIpc) is 2.92. The fraction of sp³-hybridized carbons (Fsp3) is 0.600. The number of hydrogen-bond acceptors (Lipinski definition) is 6. The summed E-state index contributed by atoms with van der Waals surface area (Å²) < 4.78 is 10.1. The van der Waals surface area contributed by atoms with Crippen LogP contribution in [0.2, 0.25) is 0 Å². The number of anilines is 1. The van der Waals surface area contributed by atoms with E-state index in [-0.39, 0.29) is 11.7 Å². The van der Waals surface area contributed by atoms with Crippen molar-refractivity contribution < 1.29 is 23.6 Å². The van der Waals surface area contributed by atoms with Gasteiger partial charge in [-0.25, -0.2) is 0 Å². The molecule has 8 nitrogen and oxygen atoms in total. The molecule has 1 aromatic heterocycles. The fourth-order valence-electron chi connectivity index (χ4n) is 2.43. The van der Waals surface area contributed by atoms with E-state index in [1.54, 1.807) is 17.9 Å². The van der Waals surface area contributed by atoms with Gasteiger partial charge in [0.15, 0.2) is 11.9 Å². The van der Waals surface area contributed by atoms with Gasteiger partial charge in [-0.2, -0.15) is 0 Å². The maximum absolute atomic E-state index is 12.2. The third-order valence-electron chi connectivity index (χ3n) is 3.74. The van der Waals surface area contributed by atoms with Crippen LogP contribution in [-0.4, -0.2) is 47.0 Å². The van der Waals surface area contributed by atoms with Crippen molar-refractivity contribution in [3.05, 3.63) is 11.8 Å². The molecule has 0 unspecified atom stereocenters. The minimum atomic E-state index is -0.952. The van der Waals surface area contributed by atoms with Crippen LogP contribution in [0.1, 0.15) is 32.4 Å². The molecule has 2 heterocycles. The number of rotatable bonds is 4. The second-order valence-electron chi connectivity index (χ2n) is 5.70. The van der Waals surface area contributed by atoms with Crippen LogP contribution in [0.4, 0.5) is 5.82 Å². The number of likely N-dealkylation sites (tertiary alicyclic amines) is 1. The molecule has 2 atom stereocenters. The van der Waals surface area contributed by atoms with E-state index in [1.807, 2.05) is 0 Å². The predicted molar refractivity (Wildman–Crippen MR) is 80.4 cm³/mol. The quantitative estimate of drug-likeness (QED) is 0.833. The van der Waals surface area contributed by atoms with Gasteiger partial charge in [0.1, 0.15) is 5.76 Å². The fourth-order valence-corrected chi connectivity index (χ4v) is 2.43. The summed E-state index contributed by atoms with van der Waals surface area (Å²) in [6.07, 6.45) is 0.449. The van der Waals surface area contributed by atoms with Crippen LogP contribution in [0, 0.1) is 12.8 Å². The number of aryl methyl sites for hydroxylation is 1. The number of nitrogens with zero attached hydrogens (tertiary/aromatic N) is 2. The second-order valence-corrected chi connectivity index (χ2v) is 5.70. The summed E-state index contributed by atoms with van der Waals surface area (Å²) in [5.74, 6) is -0.556. The Bertz CT molecular complexity index is 598. The number of piperidine rings is 1. The molecule has 8 heteroatoms. The van der Waals surface area contributed by atoms with Crippen LogP contribution in [0.25, 0.3) is 0 Å². The maximum Gasteiger partial charge on any atom is 0.311 e. The summed E-state index contributed by atoms with van der Waals surface area (Å²) in [6, 6.07) is 1.57. The van der Waals surface area contributed by atoms with E-state index in [1.165, 1.54) is 13.8 Å². The minimum Gasteiger partial charge on any atom is -0.452 e. The highest BCUT2D eigenvalue weighted by atomic mass is 16.5. The Balaban J connectivity index is 1.86. The maximum atomic E-state index is 12.2. The van der Waals surface area contributed by atoms with E-state index in [0.29, 0.717) is 25.3 Å². The molecule has 0 radical (unpaired) electrons. The van der Waals surface area contributed by atoms with E-state index in [2.05, 4.69) is 10.5 Å². The summed E-state index contributed by atoms with van der Waals surface area (Å²) >= 11 is 0. The van der Waals surface area contributed by atoms with Crippen LogP contribution in [0.3, 0.4) is 0 Å². The smallest absolute Gasteiger partial charge is 0.311 e. The summed E-state index contributed by atoms with van der Waals surface area (Å²) in [6.45, 7) is 5.66. The lowest BCUT2D eigenvalue weighted by Crippen LogP contribution is -2.43. The molecule has 126 valence electrons. The van der Waals surface area contributed by atoms with Crippen LogP contribution in [0.15, 0.2) is 10.6 Å². The van der Waals surface area contributed by atoms with Gasteiger partial charge >= 0.3 is 5.97 Å². The number of ether oxygens (including phenoxy) is 1. The van der Waals surface area contributed by atoms with Crippen molar-refractivity contribution in [2.45, 2.75) is 39.7 Å². The summed E-state index contributed by atoms with van der Waals surface area (Å²) in [5.41, 5.74) is 0. The third kappa shape index (κ3) is 4.54. The van der Waals surface area contributed by atoms with E-state index in [4.69, 9.17) is 9.26 Å². The molecule has 23 heavy (non-hydrogen) atoms. The van der Waals surface area contributed by atoms with Crippen molar-refractivity contribution in [3.8, 4) is 0 Å². The van der Waals surface area contributed by atoms with Gasteiger partial charge in [0.05, 0.1) is 5.92 Å². The van der Waals surface area contributed by atoms with Crippen LogP contribution in [0.5, 0.6) is 0 Å². The molecule has 1 aromatic rings.